The highest BCUT2D eigenvalue weighted by Crippen LogP contribution is 2.12. The van der Waals surface area contributed by atoms with Crippen LogP contribution in [0.15, 0.2) is 0 Å². The van der Waals surface area contributed by atoms with E-state index < -0.39 is 0 Å². The molecule has 1 aliphatic heterocycles. The van der Waals surface area contributed by atoms with Gasteiger partial charge in [-0.1, -0.05) is 0 Å². The molecule has 0 amide bonds. The second kappa shape index (κ2) is 3.16. The molecule has 0 aromatic carbocycles. The number of nitrogens with one attached hydrogen (secondary N) is 1. The lowest BCUT2D eigenvalue weighted by atomic mass is 10.1. The first-order valence-corrected chi connectivity index (χ1v) is 4.34. The summed E-state index contributed by atoms with van der Waals surface area (Å²) >= 11 is 2.39. The maximum atomic E-state index is 3.42. The number of hydrogen-bond acceptors (Lipinski definition) is 2. The van der Waals surface area contributed by atoms with Gasteiger partial charge in [-0.05, 0) is 13.8 Å². The number of rotatable bonds is 0. The third-order valence-corrected chi connectivity index (χ3v) is 3.32. The van der Waals surface area contributed by atoms with Crippen molar-refractivity contribution in [1.82, 2.24) is 8.43 Å². The molecule has 2 atom stereocenters. The maximum absolute atomic E-state index is 3.42. The van der Waals surface area contributed by atoms with Gasteiger partial charge in [-0.3, -0.25) is 0 Å². The average Bonchev–Trinajstić information content (AvgIpc) is 1.83. The molecule has 2 nitrogen and oxygen atoms in total. The highest BCUT2D eigenvalue weighted by molar-refractivity contribution is 14.1. The number of piperazine rings is 1. The van der Waals surface area contributed by atoms with E-state index in [1.165, 1.54) is 6.54 Å². The van der Waals surface area contributed by atoms with Crippen LogP contribution in [0.3, 0.4) is 0 Å². The number of nitrogens with zero attached hydrogens (tertiary/aromatic N) is 1. The summed E-state index contributed by atoms with van der Waals surface area (Å²) < 4.78 is 2.36. The zero-order valence-electron chi connectivity index (χ0n) is 5.89. The predicted octanol–water partition coefficient (Wildman–Crippen LogP) is 1.02. The summed E-state index contributed by atoms with van der Waals surface area (Å²) in [6.45, 7) is 6.79. The zero-order chi connectivity index (χ0) is 6.85. The number of halogens is 1. The molecule has 0 bridgehead atoms. The lowest BCUT2D eigenvalue weighted by molar-refractivity contribution is 0.271. The van der Waals surface area contributed by atoms with Crippen molar-refractivity contribution >= 4 is 22.9 Å². The van der Waals surface area contributed by atoms with Crippen LogP contribution in [0.2, 0.25) is 0 Å². The van der Waals surface area contributed by atoms with Crippen LogP contribution in [0.5, 0.6) is 0 Å². The van der Waals surface area contributed by atoms with Crippen molar-refractivity contribution in [3.63, 3.8) is 0 Å². The van der Waals surface area contributed by atoms with Gasteiger partial charge in [0.05, 0.1) is 0 Å². The molecule has 0 aromatic heterocycles. The first-order chi connectivity index (χ1) is 4.22. The van der Waals surface area contributed by atoms with E-state index in [1.54, 1.807) is 0 Å². The molecule has 1 rings (SSSR count). The monoisotopic (exact) mass is 240 g/mol. The fraction of sp³-hybridized carbons (Fsp3) is 1.00. The van der Waals surface area contributed by atoms with Gasteiger partial charge < -0.3 is 5.32 Å². The van der Waals surface area contributed by atoms with Crippen LogP contribution in [0.1, 0.15) is 13.8 Å². The number of hydrogen-bond donors (Lipinski definition) is 1. The summed E-state index contributed by atoms with van der Waals surface area (Å²) in [6, 6.07) is 1.33. The Morgan fingerprint density at radius 1 is 1.56 bits per heavy atom. The van der Waals surface area contributed by atoms with Gasteiger partial charge >= 0.3 is 0 Å². The Balaban J connectivity index is 2.41. The van der Waals surface area contributed by atoms with E-state index in [2.05, 4.69) is 45.1 Å². The Morgan fingerprint density at radius 2 is 2.22 bits per heavy atom. The molecule has 1 N–H and O–H groups in total. The Labute approximate surface area is 70.5 Å². The molecular formula is C6H13IN2. The Hall–Kier alpha value is 0.650. The van der Waals surface area contributed by atoms with Gasteiger partial charge in [0, 0.05) is 48.0 Å². The molecule has 2 unspecified atom stereocenters. The van der Waals surface area contributed by atoms with Crippen molar-refractivity contribution in [2.24, 2.45) is 0 Å². The van der Waals surface area contributed by atoms with Crippen LogP contribution in [0.4, 0.5) is 0 Å². The molecular weight excluding hydrogens is 227 g/mol. The van der Waals surface area contributed by atoms with Gasteiger partial charge in [0.15, 0.2) is 0 Å². The van der Waals surface area contributed by atoms with E-state index in [0.717, 1.165) is 6.54 Å². The molecule has 3 heteroatoms. The van der Waals surface area contributed by atoms with Gasteiger partial charge in [-0.15, -0.1) is 0 Å². The van der Waals surface area contributed by atoms with Crippen molar-refractivity contribution in [3.05, 3.63) is 0 Å². The molecule has 0 aromatic rings. The van der Waals surface area contributed by atoms with Gasteiger partial charge in [-0.2, -0.15) is 0 Å². The third-order valence-electron chi connectivity index (χ3n) is 1.96. The van der Waals surface area contributed by atoms with Gasteiger partial charge in [-0.25, -0.2) is 3.11 Å². The van der Waals surface area contributed by atoms with Crippen LogP contribution < -0.4 is 5.32 Å². The Kier molecular flexibility index (Phi) is 2.73. The molecule has 0 aliphatic carbocycles. The smallest absolute Gasteiger partial charge is 0.0317 e. The molecule has 1 heterocycles. The van der Waals surface area contributed by atoms with Crippen LogP contribution in [0, 0.1) is 0 Å². The quantitative estimate of drug-likeness (QED) is 0.502. The lowest BCUT2D eigenvalue weighted by Crippen LogP contribution is -2.51. The zero-order valence-corrected chi connectivity index (χ0v) is 8.05. The van der Waals surface area contributed by atoms with E-state index >= 15 is 0 Å². The van der Waals surface area contributed by atoms with E-state index in [1.807, 2.05) is 0 Å². The molecule has 0 radical (unpaired) electrons. The summed E-state index contributed by atoms with van der Waals surface area (Å²) in [7, 11) is 0. The first kappa shape index (κ1) is 7.75. The Bertz CT molecular complexity index is 87.1. The molecule has 9 heavy (non-hydrogen) atoms. The van der Waals surface area contributed by atoms with Crippen molar-refractivity contribution in [3.8, 4) is 0 Å². The molecule has 0 saturated carbocycles. The topological polar surface area (TPSA) is 15.3 Å². The van der Waals surface area contributed by atoms with E-state index in [0.29, 0.717) is 12.1 Å². The van der Waals surface area contributed by atoms with Gasteiger partial charge in [0.2, 0.25) is 0 Å². The van der Waals surface area contributed by atoms with Crippen LogP contribution >= 0.6 is 22.9 Å². The largest absolute Gasteiger partial charge is 0.311 e. The van der Waals surface area contributed by atoms with E-state index in [-0.39, 0.29) is 0 Å². The minimum Gasteiger partial charge on any atom is -0.311 e. The van der Waals surface area contributed by atoms with Crippen LogP contribution in [0.25, 0.3) is 0 Å². The Morgan fingerprint density at radius 3 is 2.67 bits per heavy atom. The summed E-state index contributed by atoms with van der Waals surface area (Å²) in [6.07, 6.45) is 0. The minimum absolute atomic E-state index is 0.649. The molecule has 0 spiro atoms. The molecule has 1 fully saturated rings. The normalized spacial score (nSPS) is 39.0. The van der Waals surface area contributed by atoms with Crippen LogP contribution in [-0.4, -0.2) is 28.3 Å². The second-order valence-electron chi connectivity index (χ2n) is 2.61. The summed E-state index contributed by atoms with van der Waals surface area (Å²) in [5, 5.41) is 3.42. The second-order valence-corrected chi connectivity index (χ2v) is 3.85. The molecule has 54 valence electrons. The summed E-state index contributed by atoms with van der Waals surface area (Å²) in [5.74, 6) is 0. The van der Waals surface area contributed by atoms with E-state index in [9.17, 15) is 0 Å². The maximum Gasteiger partial charge on any atom is 0.0317 e. The molecule has 1 saturated heterocycles. The fourth-order valence-electron chi connectivity index (χ4n) is 1.02. The van der Waals surface area contributed by atoms with Crippen molar-refractivity contribution in [2.45, 2.75) is 25.9 Å². The third kappa shape index (κ3) is 1.78. The standard InChI is InChI=1S/C6H13IN2/c1-5-6(2)9(7)4-3-8-5/h5-6,8H,3-4H2,1-2H3. The summed E-state index contributed by atoms with van der Waals surface area (Å²) in [5.41, 5.74) is 0. The summed E-state index contributed by atoms with van der Waals surface area (Å²) in [4.78, 5) is 0. The molecule has 1 aliphatic rings. The fourth-order valence-corrected chi connectivity index (χ4v) is 1.74. The van der Waals surface area contributed by atoms with Gasteiger partial charge in [0.25, 0.3) is 0 Å². The van der Waals surface area contributed by atoms with Gasteiger partial charge in [0.1, 0.15) is 0 Å². The highest BCUT2D eigenvalue weighted by Gasteiger charge is 2.21. The van der Waals surface area contributed by atoms with Crippen molar-refractivity contribution < 1.29 is 0 Å². The SMILES string of the molecule is CC1NCCN(I)C1C. The highest BCUT2D eigenvalue weighted by atomic mass is 127. The first-order valence-electron chi connectivity index (χ1n) is 3.37. The predicted molar refractivity (Wildman–Crippen MR) is 47.7 cm³/mol. The van der Waals surface area contributed by atoms with Crippen molar-refractivity contribution in [2.75, 3.05) is 13.1 Å². The lowest BCUT2D eigenvalue weighted by Gasteiger charge is -2.33. The van der Waals surface area contributed by atoms with E-state index in [4.69, 9.17) is 0 Å². The minimum atomic E-state index is 0.649. The average molecular weight is 240 g/mol. The van der Waals surface area contributed by atoms with Crippen molar-refractivity contribution in [1.29, 1.82) is 0 Å². The van der Waals surface area contributed by atoms with Crippen LogP contribution in [-0.2, 0) is 0 Å².